The lowest BCUT2D eigenvalue weighted by Gasteiger charge is -2.13. The largest absolute Gasteiger partial charge is 0.309 e. The van der Waals surface area contributed by atoms with Crippen LogP contribution in [0.2, 0.25) is 0 Å². The van der Waals surface area contributed by atoms with E-state index in [0.717, 1.165) is 23.0 Å². The van der Waals surface area contributed by atoms with Crippen LogP contribution in [0.1, 0.15) is 17.9 Å². The zero-order valence-corrected chi connectivity index (χ0v) is 10.7. The molecular weight excluding hydrogens is 252 g/mol. The van der Waals surface area contributed by atoms with Crippen molar-refractivity contribution >= 4 is 15.9 Å². The maximum atomic E-state index is 9.10. The number of nitrogens with zero attached hydrogens (tertiary/aromatic N) is 2. The fourth-order valence-corrected chi connectivity index (χ4v) is 1.83. The molecule has 80 valence electrons. The van der Waals surface area contributed by atoms with Gasteiger partial charge in [-0.1, -0.05) is 28.1 Å². The summed E-state index contributed by atoms with van der Waals surface area (Å²) in [4.78, 5) is 2.10. The lowest BCUT2D eigenvalue weighted by atomic mass is 9.97. The molecule has 1 aromatic rings. The molecule has 0 fully saturated rings. The Hall–Kier alpha value is -0.850. The summed E-state index contributed by atoms with van der Waals surface area (Å²) in [6.07, 6.45) is 0.875. The van der Waals surface area contributed by atoms with E-state index in [0.29, 0.717) is 0 Å². The quantitative estimate of drug-likeness (QED) is 0.838. The maximum Gasteiger partial charge on any atom is 0.0725 e. The van der Waals surface area contributed by atoms with Crippen molar-refractivity contribution in [1.29, 1.82) is 5.26 Å². The van der Waals surface area contributed by atoms with E-state index >= 15 is 0 Å². The van der Waals surface area contributed by atoms with Crippen molar-refractivity contribution in [2.24, 2.45) is 0 Å². The van der Waals surface area contributed by atoms with Gasteiger partial charge in [0.2, 0.25) is 0 Å². The SMILES string of the molecule is CN(C)CCC(C#N)c1cccc(Br)c1. The van der Waals surface area contributed by atoms with Crippen molar-refractivity contribution in [3.05, 3.63) is 34.3 Å². The Kier molecular flexibility index (Phi) is 4.80. The second-order valence-corrected chi connectivity index (χ2v) is 4.74. The molecule has 0 saturated heterocycles. The van der Waals surface area contributed by atoms with Crippen LogP contribution in [0.15, 0.2) is 28.7 Å². The Morgan fingerprint density at radius 3 is 2.73 bits per heavy atom. The molecule has 0 radical (unpaired) electrons. The van der Waals surface area contributed by atoms with Crippen molar-refractivity contribution < 1.29 is 0 Å². The van der Waals surface area contributed by atoms with Crippen LogP contribution < -0.4 is 0 Å². The molecule has 1 unspecified atom stereocenters. The number of hydrogen-bond acceptors (Lipinski definition) is 2. The van der Waals surface area contributed by atoms with Crippen molar-refractivity contribution in [2.75, 3.05) is 20.6 Å². The third-order valence-electron chi connectivity index (χ3n) is 2.27. The first-order chi connectivity index (χ1) is 7.13. The summed E-state index contributed by atoms with van der Waals surface area (Å²) in [6.45, 7) is 0.935. The third-order valence-corrected chi connectivity index (χ3v) is 2.77. The van der Waals surface area contributed by atoms with Gasteiger partial charge in [-0.15, -0.1) is 0 Å². The number of benzene rings is 1. The van der Waals surface area contributed by atoms with E-state index in [9.17, 15) is 0 Å². The van der Waals surface area contributed by atoms with E-state index in [1.807, 2.05) is 38.4 Å². The van der Waals surface area contributed by atoms with Crippen molar-refractivity contribution in [3.63, 3.8) is 0 Å². The van der Waals surface area contributed by atoms with Gasteiger partial charge in [0, 0.05) is 4.47 Å². The fourth-order valence-electron chi connectivity index (χ4n) is 1.42. The summed E-state index contributed by atoms with van der Waals surface area (Å²) in [7, 11) is 4.05. The van der Waals surface area contributed by atoms with Crippen LogP contribution in [0, 0.1) is 11.3 Å². The molecule has 1 aromatic carbocycles. The average molecular weight is 267 g/mol. The van der Waals surface area contributed by atoms with Gasteiger partial charge in [-0.2, -0.15) is 5.26 Å². The molecular formula is C12H15BrN2. The first kappa shape index (κ1) is 12.2. The van der Waals surface area contributed by atoms with Gasteiger partial charge in [-0.05, 0) is 44.8 Å². The van der Waals surface area contributed by atoms with Gasteiger partial charge in [0.25, 0.3) is 0 Å². The predicted octanol–water partition coefficient (Wildman–Crippen LogP) is 3.01. The zero-order valence-electron chi connectivity index (χ0n) is 9.07. The Morgan fingerprint density at radius 1 is 1.47 bits per heavy atom. The third kappa shape index (κ3) is 4.03. The van der Waals surface area contributed by atoms with E-state index in [1.165, 1.54) is 0 Å². The lowest BCUT2D eigenvalue weighted by molar-refractivity contribution is 0.393. The van der Waals surface area contributed by atoms with Crippen molar-refractivity contribution in [2.45, 2.75) is 12.3 Å². The van der Waals surface area contributed by atoms with Crippen LogP contribution in [0.3, 0.4) is 0 Å². The molecule has 1 rings (SSSR count). The topological polar surface area (TPSA) is 27.0 Å². The normalized spacial score (nSPS) is 12.5. The van der Waals surface area contributed by atoms with E-state index in [1.54, 1.807) is 0 Å². The van der Waals surface area contributed by atoms with Crippen LogP contribution in [0.5, 0.6) is 0 Å². The molecule has 0 spiro atoms. The number of hydrogen-bond donors (Lipinski definition) is 0. The zero-order chi connectivity index (χ0) is 11.3. The first-order valence-corrected chi connectivity index (χ1v) is 5.72. The minimum atomic E-state index is -0.00935. The molecule has 0 bridgehead atoms. The molecule has 0 aliphatic heterocycles. The molecule has 15 heavy (non-hydrogen) atoms. The lowest BCUT2D eigenvalue weighted by Crippen LogP contribution is -2.15. The summed E-state index contributed by atoms with van der Waals surface area (Å²) in [5.41, 5.74) is 1.09. The van der Waals surface area contributed by atoms with Crippen LogP contribution in [0.4, 0.5) is 0 Å². The van der Waals surface area contributed by atoms with E-state index in [4.69, 9.17) is 5.26 Å². The highest BCUT2D eigenvalue weighted by Gasteiger charge is 2.10. The minimum Gasteiger partial charge on any atom is -0.309 e. The van der Waals surface area contributed by atoms with Gasteiger partial charge in [0.05, 0.1) is 12.0 Å². The molecule has 0 heterocycles. The monoisotopic (exact) mass is 266 g/mol. The molecule has 0 aliphatic rings. The molecule has 0 amide bonds. The van der Waals surface area contributed by atoms with Gasteiger partial charge < -0.3 is 4.90 Å². The van der Waals surface area contributed by atoms with Crippen molar-refractivity contribution in [1.82, 2.24) is 4.90 Å². The molecule has 0 aliphatic carbocycles. The van der Waals surface area contributed by atoms with E-state index in [-0.39, 0.29) is 5.92 Å². The standard InChI is InChI=1S/C12H15BrN2/c1-15(2)7-6-11(9-14)10-4-3-5-12(13)8-10/h3-5,8,11H,6-7H2,1-2H3. The van der Waals surface area contributed by atoms with Gasteiger partial charge in [-0.25, -0.2) is 0 Å². The highest BCUT2D eigenvalue weighted by molar-refractivity contribution is 9.10. The Morgan fingerprint density at radius 2 is 2.20 bits per heavy atom. The second-order valence-electron chi connectivity index (χ2n) is 3.83. The average Bonchev–Trinajstić information content (AvgIpc) is 2.18. The Balaban J connectivity index is 2.71. The van der Waals surface area contributed by atoms with Gasteiger partial charge in [0.15, 0.2) is 0 Å². The first-order valence-electron chi connectivity index (χ1n) is 4.93. The van der Waals surface area contributed by atoms with Gasteiger partial charge >= 0.3 is 0 Å². The van der Waals surface area contributed by atoms with Crippen molar-refractivity contribution in [3.8, 4) is 6.07 Å². The Bertz CT molecular complexity index is 355. The summed E-state index contributed by atoms with van der Waals surface area (Å²) in [5.74, 6) is -0.00935. The summed E-state index contributed by atoms with van der Waals surface area (Å²) < 4.78 is 1.03. The number of nitriles is 1. The summed E-state index contributed by atoms with van der Waals surface area (Å²) in [6, 6.07) is 10.3. The minimum absolute atomic E-state index is 0.00935. The van der Waals surface area contributed by atoms with Crippen LogP contribution in [0.25, 0.3) is 0 Å². The predicted molar refractivity (Wildman–Crippen MR) is 65.7 cm³/mol. The van der Waals surface area contributed by atoms with Crippen LogP contribution in [-0.2, 0) is 0 Å². The summed E-state index contributed by atoms with van der Waals surface area (Å²) >= 11 is 3.42. The van der Waals surface area contributed by atoms with E-state index < -0.39 is 0 Å². The Labute approximate surface area is 99.6 Å². The number of rotatable bonds is 4. The molecule has 1 atom stereocenters. The maximum absolute atomic E-state index is 9.10. The highest BCUT2D eigenvalue weighted by Crippen LogP contribution is 2.22. The van der Waals surface area contributed by atoms with Crippen LogP contribution >= 0.6 is 15.9 Å². The molecule has 0 aromatic heterocycles. The molecule has 3 heteroatoms. The fraction of sp³-hybridized carbons (Fsp3) is 0.417. The highest BCUT2D eigenvalue weighted by atomic mass is 79.9. The molecule has 2 nitrogen and oxygen atoms in total. The van der Waals surface area contributed by atoms with E-state index in [2.05, 4.69) is 26.9 Å². The smallest absolute Gasteiger partial charge is 0.0725 e. The second kappa shape index (κ2) is 5.89. The molecule has 0 N–H and O–H groups in total. The summed E-state index contributed by atoms with van der Waals surface area (Å²) in [5, 5.41) is 9.10. The number of halogens is 1. The van der Waals surface area contributed by atoms with Gasteiger partial charge in [0.1, 0.15) is 0 Å². The van der Waals surface area contributed by atoms with Crippen LogP contribution in [-0.4, -0.2) is 25.5 Å². The van der Waals surface area contributed by atoms with Gasteiger partial charge in [-0.3, -0.25) is 0 Å². The molecule has 0 saturated carbocycles.